The zero-order valence-corrected chi connectivity index (χ0v) is 9.89. The molecule has 1 aromatic rings. The summed E-state index contributed by atoms with van der Waals surface area (Å²) < 4.78 is 25.1. The molecule has 0 aliphatic heterocycles. The van der Waals surface area contributed by atoms with Crippen LogP contribution in [0.1, 0.15) is 23.2 Å². The van der Waals surface area contributed by atoms with Crippen molar-refractivity contribution >= 4 is 34.2 Å². The lowest BCUT2D eigenvalue weighted by Crippen LogP contribution is -2.02. The van der Waals surface area contributed by atoms with Gasteiger partial charge in [0, 0.05) is 11.4 Å². The molecule has 0 aromatic carbocycles. The molecule has 1 rings (SSSR count). The van der Waals surface area contributed by atoms with Crippen molar-refractivity contribution in [2.45, 2.75) is 18.9 Å². The summed E-state index contributed by atoms with van der Waals surface area (Å²) in [6, 6.07) is 1.29. The molecule has 0 radical (unpaired) electrons. The van der Waals surface area contributed by atoms with Gasteiger partial charge < -0.3 is 5.11 Å². The van der Waals surface area contributed by atoms with Gasteiger partial charge in [0.05, 0.1) is 12.3 Å². The summed E-state index contributed by atoms with van der Waals surface area (Å²) >= 11 is 7.25. The lowest BCUT2D eigenvalue weighted by Gasteiger charge is -2.08. The van der Waals surface area contributed by atoms with Gasteiger partial charge in [-0.3, -0.25) is 0 Å². The van der Waals surface area contributed by atoms with Crippen LogP contribution in [0.5, 0.6) is 0 Å². The van der Waals surface area contributed by atoms with E-state index in [0.29, 0.717) is 11.3 Å². The highest BCUT2D eigenvalue weighted by Crippen LogP contribution is 2.26. The highest BCUT2D eigenvalue weighted by molar-refractivity contribution is 14.1. The van der Waals surface area contributed by atoms with Gasteiger partial charge in [-0.1, -0.05) is 0 Å². The normalized spacial score (nSPS) is 11.0. The molecule has 0 amide bonds. The fourth-order valence-corrected chi connectivity index (χ4v) is 1.90. The number of hydrogen-bond acceptors (Lipinski definition) is 2. The van der Waals surface area contributed by atoms with Gasteiger partial charge in [0.2, 0.25) is 0 Å². The first-order valence-corrected chi connectivity index (χ1v) is 5.34. The Kier molecular flexibility index (Phi) is 4.46. The molecule has 0 bridgehead atoms. The van der Waals surface area contributed by atoms with E-state index in [-0.39, 0.29) is 21.8 Å². The van der Waals surface area contributed by atoms with E-state index in [1.807, 2.05) is 0 Å². The Morgan fingerprint density at radius 2 is 2.21 bits per heavy atom. The van der Waals surface area contributed by atoms with E-state index in [1.165, 1.54) is 6.07 Å². The van der Waals surface area contributed by atoms with E-state index in [2.05, 4.69) is 4.98 Å². The summed E-state index contributed by atoms with van der Waals surface area (Å²) in [5, 5.41) is 8.89. The van der Waals surface area contributed by atoms with Crippen molar-refractivity contribution in [1.82, 2.24) is 4.98 Å². The molecule has 14 heavy (non-hydrogen) atoms. The van der Waals surface area contributed by atoms with E-state index >= 15 is 0 Å². The van der Waals surface area contributed by atoms with Crippen molar-refractivity contribution in [2.24, 2.45) is 0 Å². The maximum Gasteiger partial charge on any atom is 0.266 e. The van der Waals surface area contributed by atoms with Gasteiger partial charge >= 0.3 is 0 Å². The van der Waals surface area contributed by atoms with Crippen molar-refractivity contribution in [3.05, 3.63) is 26.6 Å². The summed E-state index contributed by atoms with van der Waals surface area (Å²) in [7, 11) is 0. The average Bonchev–Trinajstić information content (AvgIpc) is 2.16. The van der Waals surface area contributed by atoms with Crippen molar-refractivity contribution < 1.29 is 13.9 Å². The fraction of sp³-hybridized carbons (Fsp3) is 0.375. The van der Waals surface area contributed by atoms with E-state index in [4.69, 9.17) is 16.7 Å². The topological polar surface area (TPSA) is 33.1 Å². The Hall–Kier alpha value is -0.0100. The van der Waals surface area contributed by atoms with Crippen LogP contribution in [0.3, 0.4) is 0 Å². The smallest absolute Gasteiger partial charge is 0.266 e. The van der Waals surface area contributed by atoms with Crippen LogP contribution in [-0.4, -0.2) is 10.1 Å². The van der Waals surface area contributed by atoms with E-state index in [1.54, 1.807) is 22.6 Å². The lowest BCUT2D eigenvalue weighted by atomic mass is 10.1. The molecule has 0 atom stereocenters. The second-order valence-corrected chi connectivity index (χ2v) is 3.86. The van der Waals surface area contributed by atoms with Crippen molar-refractivity contribution in [1.29, 1.82) is 0 Å². The Labute approximate surface area is 98.4 Å². The van der Waals surface area contributed by atoms with Crippen molar-refractivity contribution in [2.75, 3.05) is 0 Å². The number of aliphatic hydroxyl groups is 1. The number of pyridine rings is 1. The first-order valence-electron chi connectivity index (χ1n) is 3.73. The predicted octanol–water partition coefficient (Wildman–Crippen LogP) is 2.85. The second kappa shape index (κ2) is 5.18. The van der Waals surface area contributed by atoms with Crippen LogP contribution < -0.4 is 0 Å². The monoisotopic (exact) mass is 333 g/mol. The molecule has 0 aliphatic rings. The van der Waals surface area contributed by atoms with Gasteiger partial charge in [-0.25, -0.2) is 13.8 Å². The molecule has 78 valence electrons. The van der Waals surface area contributed by atoms with Crippen LogP contribution in [-0.2, 0) is 12.5 Å². The Morgan fingerprint density at radius 1 is 1.57 bits per heavy atom. The number of hydrogen-bond donors (Lipinski definition) is 1. The molecule has 1 heterocycles. The maximum absolute atomic E-state index is 12.4. The number of aromatic nitrogens is 1. The highest BCUT2D eigenvalue weighted by Gasteiger charge is 2.15. The molecule has 0 fully saturated rings. The second-order valence-electron chi connectivity index (χ2n) is 2.57. The summed E-state index contributed by atoms with van der Waals surface area (Å²) in [6.07, 6.45) is -2.57. The molecule has 1 N–H and O–H groups in total. The number of rotatable bonds is 3. The van der Waals surface area contributed by atoms with Gasteiger partial charge in [0.15, 0.2) is 0 Å². The summed E-state index contributed by atoms with van der Waals surface area (Å²) in [5.74, 6) is 0.0690. The van der Waals surface area contributed by atoms with E-state index in [9.17, 15) is 8.78 Å². The van der Waals surface area contributed by atoms with Gasteiger partial charge in [-0.2, -0.15) is 0 Å². The van der Waals surface area contributed by atoms with Crippen molar-refractivity contribution in [3.8, 4) is 0 Å². The van der Waals surface area contributed by atoms with Crippen LogP contribution in [0.2, 0.25) is 0 Å². The minimum absolute atomic E-state index is 0.0690. The number of halogens is 4. The number of aliphatic hydroxyl groups excluding tert-OH is 1. The maximum atomic E-state index is 12.4. The number of alkyl halides is 3. The van der Waals surface area contributed by atoms with Crippen LogP contribution in [0.25, 0.3) is 0 Å². The quantitative estimate of drug-likeness (QED) is 0.524. The summed E-state index contributed by atoms with van der Waals surface area (Å²) in [4.78, 5) is 3.86. The molecule has 0 aliphatic carbocycles. The van der Waals surface area contributed by atoms with E-state index < -0.39 is 6.43 Å². The third kappa shape index (κ3) is 2.52. The molecule has 6 heteroatoms. The number of nitrogens with zero attached hydrogens (tertiary/aromatic N) is 1. The van der Waals surface area contributed by atoms with Crippen LogP contribution >= 0.6 is 34.2 Å². The third-order valence-electron chi connectivity index (χ3n) is 1.70. The molecular formula is C8H7ClF2INO. The van der Waals surface area contributed by atoms with Gasteiger partial charge in [0.1, 0.15) is 3.70 Å². The largest absolute Gasteiger partial charge is 0.390 e. The fourth-order valence-electron chi connectivity index (χ4n) is 0.991. The lowest BCUT2D eigenvalue weighted by molar-refractivity contribution is 0.149. The minimum atomic E-state index is -2.57. The zero-order valence-electron chi connectivity index (χ0n) is 6.98. The average molecular weight is 334 g/mol. The molecule has 0 unspecified atom stereocenters. The Bertz CT molecular complexity index is 335. The Morgan fingerprint density at radius 3 is 2.64 bits per heavy atom. The zero-order chi connectivity index (χ0) is 10.7. The van der Waals surface area contributed by atoms with Crippen LogP contribution in [0, 0.1) is 3.70 Å². The molecule has 1 aromatic heterocycles. The first-order chi connectivity index (χ1) is 6.60. The molecular weight excluding hydrogens is 326 g/mol. The van der Waals surface area contributed by atoms with Crippen molar-refractivity contribution in [3.63, 3.8) is 0 Å². The minimum Gasteiger partial charge on any atom is -0.390 e. The van der Waals surface area contributed by atoms with Gasteiger partial charge in [-0.05, 0) is 34.2 Å². The molecule has 0 spiro atoms. The SMILES string of the molecule is OCc1nc(I)c(C(F)F)cc1CCl. The van der Waals surface area contributed by atoms with Gasteiger partial charge in [-0.15, -0.1) is 11.6 Å². The Balaban J connectivity index is 3.23. The predicted molar refractivity (Wildman–Crippen MR) is 57.4 cm³/mol. The summed E-state index contributed by atoms with van der Waals surface area (Å²) in [5.41, 5.74) is 0.664. The third-order valence-corrected chi connectivity index (χ3v) is 2.85. The molecule has 0 saturated carbocycles. The van der Waals surface area contributed by atoms with Crippen LogP contribution in [0.15, 0.2) is 6.07 Å². The molecule has 0 saturated heterocycles. The highest BCUT2D eigenvalue weighted by atomic mass is 127. The van der Waals surface area contributed by atoms with E-state index in [0.717, 1.165) is 0 Å². The summed E-state index contributed by atoms with van der Waals surface area (Å²) in [6.45, 7) is -0.290. The molecule has 2 nitrogen and oxygen atoms in total. The van der Waals surface area contributed by atoms with Crippen LogP contribution in [0.4, 0.5) is 8.78 Å². The first kappa shape index (κ1) is 12.1. The standard InChI is InChI=1S/C8H7ClF2INO/c9-2-4-1-5(7(10)11)8(12)13-6(4)3-14/h1,7,14H,2-3H2. The van der Waals surface area contributed by atoms with Gasteiger partial charge in [0.25, 0.3) is 6.43 Å².